The van der Waals surface area contributed by atoms with Crippen molar-refractivity contribution in [2.75, 3.05) is 12.3 Å². The Morgan fingerprint density at radius 2 is 1.83 bits per heavy atom. The molecule has 0 radical (unpaired) electrons. The minimum Gasteiger partial charge on any atom is -0.352 e. The van der Waals surface area contributed by atoms with E-state index in [9.17, 15) is 4.79 Å². The lowest BCUT2D eigenvalue weighted by Gasteiger charge is -2.20. The SMILES string of the molecule is CC(C)(C)c1ccc(C=CC(=O)NCCSC2CCCCC2)cc1. The zero-order chi connectivity index (χ0) is 17.4. The third kappa shape index (κ3) is 6.72. The van der Waals surface area contributed by atoms with E-state index in [0.717, 1.165) is 23.1 Å². The monoisotopic (exact) mass is 345 g/mol. The lowest BCUT2D eigenvalue weighted by Crippen LogP contribution is -2.24. The van der Waals surface area contributed by atoms with Gasteiger partial charge in [-0.2, -0.15) is 11.8 Å². The van der Waals surface area contributed by atoms with Crippen LogP contribution in [-0.2, 0) is 10.2 Å². The van der Waals surface area contributed by atoms with E-state index in [1.54, 1.807) is 6.08 Å². The molecule has 2 rings (SSSR count). The van der Waals surface area contributed by atoms with E-state index < -0.39 is 0 Å². The average molecular weight is 346 g/mol. The molecule has 132 valence electrons. The summed E-state index contributed by atoms with van der Waals surface area (Å²) in [5, 5.41) is 3.79. The van der Waals surface area contributed by atoms with Crippen LogP contribution in [0.15, 0.2) is 30.3 Å². The largest absolute Gasteiger partial charge is 0.352 e. The van der Waals surface area contributed by atoms with Crippen molar-refractivity contribution in [3.63, 3.8) is 0 Å². The van der Waals surface area contributed by atoms with Gasteiger partial charge in [0.25, 0.3) is 0 Å². The normalized spacial score (nSPS) is 16.5. The predicted octanol–water partition coefficient (Wildman–Crippen LogP) is 5.18. The molecule has 0 heterocycles. The zero-order valence-corrected chi connectivity index (χ0v) is 16.1. The van der Waals surface area contributed by atoms with Gasteiger partial charge in [-0.05, 0) is 35.5 Å². The Labute approximate surface area is 151 Å². The molecule has 0 unspecified atom stereocenters. The number of thioether (sulfide) groups is 1. The van der Waals surface area contributed by atoms with Gasteiger partial charge in [0.05, 0.1) is 0 Å². The van der Waals surface area contributed by atoms with Crippen LogP contribution in [0.2, 0.25) is 0 Å². The van der Waals surface area contributed by atoms with Gasteiger partial charge in [0.2, 0.25) is 5.91 Å². The highest BCUT2D eigenvalue weighted by atomic mass is 32.2. The van der Waals surface area contributed by atoms with Crippen LogP contribution < -0.4 is 5.32 Å². The maximum absolute atomic E-state index is 11.9. The summed E-state index contributed by atoms with van der Waals surface area (Å²) in [5.74, 6) is 1.02. The van der Waals surface area contributed by atoms with E-state index >= 15 is 0 Å². The third-order valence-corrected chi connectivity index (χ3v) is 5.89. The molecule has 0 atom stereocenters. The van der Waals surface area contributed by atoms with Gasteiger partial charge in [-0.3, -0.25) is 4.79 Å². The van der Waals surface area contributed by atoms with Crippen molar-refractivity contribution in [1.82, 2.24) is 5.32 Å². The minimum atomic E-state index is -0.000794. The highest BCUT2D eigenvalue weighted by Gasteiger charge is 2.13. The number of hydrogen-bond acceptors (Lipinski definition) is 2. The van der Waals surface area contributed by atoms with E-state index in [1.807, 2.05) is 17.8 Å². The molecule has 1 aromatic rings. The molecule has 1 aliphatic rings. The summed E-state index contributed by atoms with van der Waals surface area (Å²) in [5.41, 5.74) is 2.54. The van der Waals surface area contributed by atoms with Crippen LogP contribution in [0.4, 0.5) is 0 Å². The second-order valence-electron chi connectivity index (χ2n) is 7.63. The standard InChI is InChI=1S/C21H31NOS/c1-21(2,3)18-12-9-17(10-13-18)11-14-20(23)22-15-16-24-19-7-5-4-6-8-19/h9-14,19H,4-8,15-16H2,1-3H3,(H,22,23). The molecule has 0 saturated heterocycles. The highest BCUT2D eigenvalue weighted by Crippen LogP contribution is 2.27. The maximum Gasteiger partial charge on any atom is 0.244 e. The molecular formula is C21H31NOS. The first-order valence-corrected chi connectivity index (χ1v) is 10.2. The zero-order valence-electron chi connectivity index (χ0n) is 15.3. The number of amides is 1. The lowest BCUT2D eigenvalue weighted by molar-refractivity contribution is -0.116. The molecular weight excluding hydrogens is 314 g/mol. The number of carbonyl (C=O) groups excluding carboxylic acids is 1. The number of carbonyl (C=O) groups is 1. The quantitative estimate of drug-likeness (QED) is 0.568. The third-order valence-electron chi connectivity index (χ3n) is 4.51. The van der Waals surface area contributed by atoms with Gasteiger partial charge in [-0.25, -0.2) is 0 Å². The Morgan fingerprint density at radius 3 is 2.46 bits per heavy atom. The molecule has 1 fully saturated rings. The molecule has 0 aliphatic heterocycles. The topological polar surface area (TPSA) is 29.1 Å². The Kier molecular flexibility index (Phi) is 7.41. The van der Waals surface area contributed by atoms with Crippen LogP contribution >= 0.6 is 11.8 Å². The fourth-order valence-corrected chi connectivity index (χ4v) is 4.18. The van der Waals surface area contributed by atoms with E-state index in [2.05, 4.69) is 50.4 Å². The maximum atomic E-state index is 11.9. The van der Waals surface area contributed by atoms with Crippen molar-refractivity contribution in [1.29, 1.82) is 0 Å². The summed E-state index contributed by atoms with van der Waals surface area (Å²) in [6.45, 7) is 7.37. The van der Waals surface area contributed by atoms with E-state index in [0.29, 0.717) is 0 Å². The van der Waals surface area contributed by atoms with Gasteiger partial charge in [-0.1, -0.05) is 64.3 Å². The average Bonchev–Trinajstić information content (AvgIpc) is 2.57. The van der Waals surface area contributed by atoms with Crippen molar-refractivity contribution in [3.05, 3.63) is 41.5 Å². The molecule has 1 aromatic carbocycles. The Bertz CT molecular complexity index is 536. The molecule has 0 bridgehead atoms. The number of nitrogens with one attached hydrogen (secondary N) is 1. The summed E-state index contributed by atoms with van der Waals surface area (Å²) in [6.07, 6.45) is 10.4. The fourth-order valence-electron chi connectivity index (χ4n) is 2.96. The molecule has 1 amide bonds. The van der Waals surface area contributed by atoms with Crippen LogP contribution in [0.3, 0.4) is 0 Å². The number of hydrogen-bond donors (Lipinski definition) is 1. The van der Waals surface area contributed by atoms with Crippen molar-refractivity contribution in [2.24, 2.45) is 0 Å². The van der Waals surface area contributed by atoms with Crippen LogP contribution in [0.1, 0.15) is 64.0 Å². The number of rotatable bonds is 6. The first kappa shape index (κ1) is 19.1. The molecule has 3 heteroatoms. The summed E-state index contributed by atoms with van der Waals surface area (Å²) >= 11 is 2.02. The molecule has 0 spiro atoms. The first-order chi connectivity index (χ1) is 11.4. The molecule has 1 N–H and O–H groups in total. The summed E-state index contributed by atoms with van der Waals surface area (Å²) < 4.78 is 0. The molecule has 0 aromatic heterocycles. The summed E-state index contributed by atoms with van der Waals surface area (Å²) in [6, 6.07) is 8.42. The smallest absolute Gasteiger partial charge is 0.244 e. The van der Waals surface area contributed by atoms with Gasteiger partial charge in [0, 0.05) is 23.6 Å². The van der Waals surface area contributed by atoms with Crippen molar-refractivity contribution in [3.8, 4) is 0 Å². The summed E-state index contributed by atoms with van der Waals surface area (Å²) in [4.78, 5) is 11.9. The van der Waals surface area contributed by atoms with Crippen LogP contribution in [0.5, 0.6) is 0 Å². The molecule has 2 nitrogen and oxygen atoms in total. The second-order valence-corrected chi connectivity index (χ2v) is 9.04. The fraction of sp³-hybridized carbons (Fsp3) is 0.571. The second kappa shape index (κ2) is 9.31. The van der Waals surface area contributed by atoms with Crippen molar-refractivity contribution in [2.45, 2.75) is 63.5 Å². The van der Waals surface area contributed by atoms with Crippen LogP contribution in [0.25, 0.3) is 6.08 Å². The Balaban J connectivity index is 1.68. The molecule has 24 heavy (non-hydrogen) atoms. The molecule has 1 aliphatic carbocycles. The van der Waals surface area contributed by atoms with Crippen LogP contribution in [0, 0.1) is 0 Å². The van der Waals surface area contributed by atoms with Gasteiger partial charge < -0.3 is 5.32 Å². The summed E-state index contributed by atoms with van der Waals surface area (Å²) in [7, 11) is 0. The molecule has 1 saturated carbocycles. The number of benzene rings is 1. The Morgan fingerprint density at radius 1 is 1.17 bits per heavy atom. The van der Waals surface area contributed by atoms with Gasteiger partial charge in [-0.15, -0.1) is 0 Å². The lowest BCUT2D eigenvalue weighted by atomic mass is 9.87. The Hall–Kier alpha value is -1.22. The van der Waals surface area contributed by atoms with E-state index in [4.69, 9.17) is 0 Å². The van der Waals surface area contributed by atoms with Gasteiger partial charge in [0.1, 0.15) is 0 Å². The first-order valence-electron chi connectivity index (χ1n) is 9.13. The highest BCUT2D eigenvalue weighted by molar-refractivity contribution is 7.99. The van der Waals surface area contributed by atoms with Crippen molar-refractivity contribution >= 4 is 23.7 Å². The van der Waals surface area contributed by atoms with Crippen molar-refractivity contribution < 1.29 is 4.79 Å². The minimum absolute atomic E-state index is 0.000794. The van der Waals surface area contributed by atoms with E-state index in [-0.39, 0.29) is 11.3 Å². The van der Waals surface area contributed by atoms with Gasteiger partial charge >= 0.3 is 0 Å². The van der Waals surface area contributed by atoms with Crippen LogP contribution in [-0.4, -0.2) is 23.5 Å². The predicted molar refractivity (Wildman–Crippen MR) is 107 cm³/mol. The van der Waals surface area contributed by atoms with Gasteiger partial charge in [0.15, 0.2) is 0 Å². The van der Waals surface area contributed by atoms with E-state index in [1.165, 1.54) is 37.7 Å².